The summed E-state index contributed by atoms with van der Waals surface area (Å²) in [5, 5.41) is 5.11. The van der Waals surface area contributed by atoms with Gasteiger partial charge in [-0.05, 0) is 35.1 Å². The van der Waals surface area contributed by atoms with E-state index in [0.29, 0.717) is 0 Å². The van der Waals surface area contributed by atoms with Gasteiger partial charge in [-0.25, -0.2) is 0 Å². The van der Waals surface area contributed by atoms with Gasteiger partial charge in [0.05, 0.1) is 10.9 Å². The number of carbonyl (C=O) groups excluding carboxylic acids is 1. The smallest absolute Gasteiger partial charge is 0.262 e. The van der Waals surface area contributed by atoms with Crippen molar-refractivity contribution >= 4 is 17.2 Å². The maximum atomic E-state index is 12.6. The van der Waals surface area contributed by atoms with E-state index in [2.05, 4.69) is 5.32 Å². The Morgan fingerprint density at radius 3 is 1.91 bits per heavy atom. The molecule has 0 unspecified atom stereocenters. The van der Waals surface area contributed by atoms with Gasteiger partial charge in [0.1, 0.15) is 0 Å². The molecule has 0 bridgehead atoms. The monoisotopic (exact) mass is 307 g/mol. The molecule has 0 aliphatic rings. The van der Waals surface area contributed by atoms with Crippen LogP contribution in [0, 0.1) is 6.92 Å². The summed E-state index contributed by atoms with van der Waals surface area (Å²) in [5.41, 5.74) is 3.18. The minimum Gasteiger partial charge on any atom is -0.340 e. The van der Waals surface area contributed by atoms with Gasteiger partial charge >= 0.3 is 0 Å². The maximum Gasteiger partial charge on any atom is 0.262 e. The largest absolute Gasteiger partial charge is 0.340 e. The summed E-state index contributed by atoms with van der Waals surface area (Å²) in [4.78, 5) is 13.4. The van der Waals surface area contributed by atoms with Crippen LogP contribution in [0.2, 0.25) is 0 Å². The third-order valence-corrected chi connectivity index (χ3v) is 4.62. The van der Waals surface area contributed by atoms with Crippen molar-refractivity contribution in [3.05, 3.63) is 93.7 Å². The zero-order chi connectivity index (χ0) is 15.4. The average Bonchev–Trinajstić information content (AvgIpc) is 3.00. The van der Waals surface area contributed by atoms with E-state index in [0.717, 1.165) is 21.6 Å². The molecule has 3 aromatic rings. The number of amides is 1. The number of nitrogens with one attached hydrogen (secondary N) is 1. The van der Waals surface area contributed by atoms with Gasteiger partial charge in [-0.15, -0.1) is 11.3 Å². The molecule has 0 aliphatic heterocycles. The van der Waals surface area contributed by atoms with Gasteiger partial charge in [0, 0.05) is 0 Å². The quantitative estimate of drug-likeness (QED) is 0.751. The highest BCUT2D eigenvalue weighted by Crippen LogP contribution is 2.24. The molecule has 3 rings (SSSR count). The Balaban J connectivity index is 1.93. The molecule has 0 atom stereocenters. The molecule has 1 N–H and O–H groups in total. The van der Waals surface area contributed by atoms with Crippen molar-refractivity contribution in [2.45, 2.75) is 13.0 Å². The molecule has 2 nitrogen and oxygen atoms in total. The number of carbonyl (C=O) groups is 1. The number of rotatable bonds is 4. The van der Waals surface area contributed by atoms with Gasteiger partial charge in [-0.1, -0.05) is 60.7 Å². The lowest BCUT2D eigenvalue weighted by molar-refractivity contribution is 0.0946. The summed E-state index contributed by atoms with van der Waals surface area (Å²) in [6, 6.07) is 21.9. The molecule has 1 amide bonds. The molecule has 0 fully saturated rings. The zero-order valence-electron chi connectivity index (χ0n) is 12.3. The van der Waals surface area contributed by atoms with Crippen LogP contribution in [0.5, 0.6) is 0 Å². The normalized spacial score (nSPS) is 10.6. The van der Waals surface area contributed by atoms with E-state index in [4.69, 9.17) is 0 Å². The van der Waals surface area contributed by atoms with Gasteiger partial charge < -0.3 is 5.32 Å². The average molecular weight is 307 g/mol. The van der Waals surface area contributed by atoms with Crippen molar-refractivity contribution in [1.82, 2.24) is 5.32 Å². The first-order chi connectivity index (χ1) is 10.8. The standard InChI is InChI=1S/C19H17NOS/c1-14-12-13-22-18(14)19(21)20-17(15-8-4-2-5-9-15)16-10-6-3-7-11-16/h2-13,17H,1H3,(H,20,21). The summed E-state index contributed by atoms with van der Waals surface area (Å²) in [7, 11) is 0. The third kappa shape index (κ3) is 3.10. The van der Waals surface area contributed by atoms with Crippen LogP contribution < -0.4 is 5.32 Å². The Hall–Kier alpha value is -2.39. The minimum atomic E-state index is -0.142. The fourth-order valence-electron chi connectivity index (χ4n) is 2.45. The Kier molecular flexibility index (Phi) is 4.35. The summed E-state index contributed by atoms with van der Waals surface area (Å²) >= 11 is 1.48. The van der Waals surface area contributed by atoms with Crippen molar-refractivity contribution in [2.75, 3.05) is 0 Å². The zero-order valence-corrected chi connectivity index (χ0v) is 13.1. The second-order valence-corrected chi connectivity index (χ2v) is 6.08. The Labute approximate surface area is 134 Å². The van der Waals surface area contributed by atoms with Crippen molar-refractivity contribution < 1.29 is 4.79 Å². The number of benzene rings is 2. The molecule has 0 saturated heterocycles. The summed E-state index contributed by atoms with van der Waals surface area (Å²) in [6.45, 7) is 1.96. The van der Waals surface area contributed by atoms with Crippen molar-refractivity contribution in [2.24, 2.45) is 0 Å². The van der Waals surface area contributed by atoms with Gasteiger partial charge in [0.15, 0.2) is 0 Å². The lowest BCUT2D eigenvalue weighted by atomic mass is 9.98. The first-order valence-electron chi connectivity index (χ1n) is 7.20. The van der Waals surface area contributed by atoms with E-state index in [1.807, 2.05) is 79.0 Å². The molecule has 1 heterocycles. The Morgan fingerprint density at radius 1 is 0.909 bits per heavy atom. The van der Waals surface area contributed by atoms with Crippen LogP contribution in [-0.2, 0) is 0 Å². The predicted molar refractivity (Wildman–Crippen MR) is 91.2 cm³/mol. The van der Waals surface area contributed by atoms with E-state index < -0.39 is 0 Å². The summed E-state index contributed by atoms with van der Waals surface area (Å²) in [5.74, 6) is -0.0230. The topological polar surface area (TPSA) is 29.1 Å². The second kappa shape index (κ2) is 6.58. The van der Waals surface area contributed by atoms with E-state index >= 15 is 0 Å². The van der Waals surface area contributed by atoms with E-state index in [9.17, 15) is 4.79 Å². The highest BCUT2D eigenvalue weighted by Gasteiger charge is 2.19. The molecular formula is C19H17NOS. The number of hydrogen-bond acceptors (Lipinski definition) is 2. The summed E-state index contributed by atoms with van der Waals surface area (Å²) in [6.07, 6.45) is 0. The number of hydrogen-bond donors (Lipinski definition) is 1. The molecule has 0 spiro atoms. The van der Waals surface area contributed by atoms with E-state index in [1.54, 1.807) is 0 Å². The van der Waals surface area contributed by atoms with Crippen LogP contribution in [-0.4, -0.2) is 5.91 Å². The second-order valence-electron chi connectivity index (χ2n) is 5.16. The van der Waals surface area contributed by atoms with Crippen LogP contribution >= 0.6 is 11.3 Å². The fourth-order valence-corrected chi connectivity index (χ4v) is 3.28. The molecule has 0 saturated carbocycles. The predicted octanol–water partition coefficient (Wildman–Crippen LogP) is 4.58. The molecule has 1 aromatic heterocycles. The van der Waals surface area contributed by atoms with Crippen LogP contribution in [0.3, 0.4) is 0 Å². The van der Waals surface area contributed by atoms with Crippen LogP contribution in [0.1, 0.15) is 32.4 Å². The van der Waals surface area contributed by atoms with Gasteiger partial charge in [-0.3, -0.25) is 4.79 Å². The molecule has 3 heteroatoms. The fraction of sp³-hybridized carbons (Fsp3) is 0.105. The minimum absolute atomic E-state index is 0.0230. The van der Waals surface area contributed by atoms with E-state index in [-0.39, 0.29) is 11.9 Å². The lowest BCUT2D eigenvalue weighted by Gasteiger charge is -2.19. The molecule has 110 valence electrons. The van der Waals surface area contributed by atoms with Gasteiger partial charge in [0.25, 0.3) is 5.91 Å². The van der Waals surface area contributed by atoms with Crippen molar-refractivity contribution in [3.63, 3.8) is 0 Å². The highest BCUT2D eigenvalue weighted by atomic mass is 32.1. The Bertz CT molecular complexity index is 710. The lowest BCUT2D eigenvalue weighted by Crippen LogP contribution is -2.29. The maximum absolute atomic E-state index is 12.6. The van der Waals surface area contributed by atoms with Gasteiger partial charge in [0.2, 0.25) is 0 Å². The van der Waals surface area contributed by atoms with Crippen LogP contribution in [0.4, 0.5) is 0 Å². The summed E-state index contributed by atoms with van der Waals surface area (Å²) < 4.78 is 0. The first-order valence-corrected chi connectivity index (χ1v) is 8.08. The number of thiophene rings is 1. The Morgan fingerprint density at radius 2 is 1.45 bits per heavy atom. The SMILES string of the molecule is Cc1ccsc1C(=O)NC(c1ccccc1)c1ccccc1. The molecular weight excluding hydrogens is 290 g/mol. The highest BCUT2D eigenvalue weighted by molar-refractivity contribution is 7.12. The third-order valence-electron chi connectivity index (χ3n) is 3.61. The molecule has 2 aromatic carbocycles. The van der Waals surface area contributed by atoms with Crippen molar-refractivity contribution in [3.8, 4) is 0 Å². The number of aryl methyl sites for hydroxylation is 1. The first kappa shape index (κ1) is 14.5. The van der Waals surface area contributed by atoms with Gasteiger partial charge in [-0.2, -0.15) is 0 Å². The molecule has 0 radical (unpaired) electrons. The molecule has 0 aliphatic carbocycles. The van der Waals surface area contributed by atoms with Crippen LogP contribution in [0.25, 0.3) is 0 Å². The van der Waals surface area contributed by atoms with Crippen LogP contribution in [0.15, 0.2) is 72.1 Å². The van der Waals surface area contributed by atoms with E-state index in [1.165, 1.54) is 11.3 Å². The van der Waals surface area contributed by atoms with Crippen molar-refractivity contribution in [1.29, 1.82) is 0 Å². The molecule has 22 heavy (non-hydrogen) atoms.